The fraction of sp³-hybridized carbons (Fsp3) is 0. The van der Waals surface area contributed by atoms with Crippen molar-refractivity contribution in [1.29, 1.82) is 0 Å². The number of nitrogens with zero attached hydrogens (tertiary/aromatic N) is 1. The number of hydrogen-bond acceptors (Lipinski definition) is 1. The molecule has 2 N–H and O–H groups in total. The Kier molecular flexibility index (Phi) is 3.40. The van der Waals surface area contributed by atoms with Crippen LogP contribution in [0.2, 0.25) is 5.02 Å². The third-order valence-electron chi connectivity index (χ3n) is 3.12. The van der Waals surface area contributed by atoms with E-state index in [4.69, 9.17) is 17.3 Å². The molecule has 0 saturated heterocycles. The smallest absolute Gasteiger partial charge is 0.131 e. The third kappa shape index (κ3) is 2.65. The molecule has 0 fully saturated rings. The van der Waals surface area contributed by atoms with E-state index in [1.165, 1.54) is 5.39 Å². The molecular weight excluding hydrogens is 268 g/mol. The monoisotopic (exact) mass is 280 g/mol. The van der Waals surface area contributed by atoms with Crippen molar-refractivity contribution in [2.75, 3.05) is 0 Å². The van der Waals surface area contributed by atoms with Crippen molar-refractivity contribution in [3.8, 4) is 0 Å². The first-order valence-corrected chi connectivity index (χ1v) is 6.69. The largest absolute Gasteiger partial charge is 0.383 e. The molecule has 3 aromatic rings. The summed E-state index contributed by atoms with van der Waals surface area (Å²) in [5.41, 5.74) is 7.74. The van der Waals surface area contributed by atoms with E-state index in [-0.39, 0.29) is 0 Å². The Morgan fingerprint density at radius 3 is 2.30 bits per heavy atom. The van der Waals surface area contributed by atoms with Crippen LogP contribution in [0.15, 0.2) is 71.7 Å². The second kappa shape index (κ2) is 5.35. The fourth-order valence-electron chi connectivity index (χ4n) is 2.07. The van der Waals surface area contributed by atoms with Crippen LogP contribution < -0.4 is 5.73 Å². The van der Waals surface area contributed by atoms with Gasteiger partial charge in [-0.15, -0.1) is 0 Å². The normalized spacial score (nSPS) is 11.8. The number of rotatable bonds is 2. The van der Waals surface area contributed by atoms with E-state index in [1.54, 1.807) is 12.1 Å². The molecule has 0 radical (unpaired) electrons. The molecule has 98 valence electrons. The molecule has 0 aliphatic carbocycles. The van der Waals surface area contributed by atoms with Crippen LogP contribution in [0.4, 0.5) is 5.69 Å². The van der Waals surface area contributed by atoms with Gasteiger partial charge in [0.2, 0.25) is 0 Å². The molecule has 0 aliphatic heterocycles. The van der Waals surface area contributed by atoms with Crippen LogP contribution in [-0.4, -0.2) is 5.84 Å². The SMILES string of the molecule is NC(=Nc1ccc2ccccc2c1)c1ccc(Cl)cc1. The van der Waals surface area contributed by atoms with Crippen LogP contribution in [0.25, 0.3) is 10.8 Å². The number of hydrogen-bond donors (Lipinski definition) is 1. The van der Waals surface area contributed by atoms with Gasteiger partial charge in [-0.05, 0) is 47.2 Å². The second-order valence-electron chi connectivity index (χ2n) is 4.54. The average Bonchev–Trinajstić information content (AvgIpc) is 2.48. The number of halogens is 1. The third-order valence-corrected chi connectivity index (χ3v) is 3.37. The molecular formula is C17H13ClN2. The van der Waals surface area contributed by atoms with Crippen LogP contribution in [0.1, 0.15) is 5.56 Å². The Balaban J connectivity index is 1.98. The quantitative estimate of drug-likeness (QED) is 0.543. The molecule has 0 saturated carbocycles. The van der Waals surface area contributed by atoms with E-state index in [0.717, 1.165) is 16.6 Å². The summed E-state index contributed by atoms with van der Waals surface area (Å²) in [4.78, 5) is 4.46. The number of benzene rings is 3. The lowest BCUT2D eigenvalue weighted by molar-refractivity contribution is 1.46. The van der Waals surface area contributed by atoms with Crippen molar-refractivity contribution >= 4 is 33.9 Å². The van der Waals surface area contributed by atoms with E-state index in [0.29, 0.717) is 10.9 Å². The van der Waals surface area contributed by atoms with Gasteiger partial charge in [0.1, 0.15) is 5.84 Å². The maximum Gasteiger partial charge on any atom is 0.131 e. The summed E-state index contributed by atoms with van der Waals surface area (Å²) in [6.07, 6.45) is 0. The predicted octanol–water partition coefficient (Wildman–Crippen LogP) is 4.53. The topological polar surface area (TPSA) is 38.4 Å². The molecule has 0 unspecified atom stereocenters. The van der Waals surface area contributed by atoms with Gasteiger partial charge in [0, 0.05) is 10.6 Å². The highest BCUT2D eigenvalue weighted by atomic mass is 35.5. The number of nitrogens with two attached hydrogens (primary N) is 1. The highest BCUT2D eigenvalue weighted by Gasteiger charge is 2.00. The minimum Gasteiger partial charge on any atom is -0.383 e. The zero-order chi connectivity index (χ0) is 13.9. The van der Waals surface area contributed by atoms with Crippen molar-refractivity contribution in [2.24, 2.45) is 10.7 Å². The first kappa shape index (κ1) is 12.7. The summed E-state index contributed by atoms with van der Waals surface area (Å²) < 4.78 is 0. The van der Waals surface area contributed by atoms with Crippen molar-refractivity contribution in [3.05, 3.63) is 77.3 Å². The molecule has 0 atom stereocenters. The first-order valence-electron chi connectivity index (χ1n) is 6.31. The molecule has 0 aromatic heterocycles. The van der Waals surface area contributed by atoms with Crippen LogP contribution in [0, 0.1) is 0 Å². The summed E-state index contributed by atoms with van der Waals surface area (Å²) in [5, 5.41) is 3.03. The lowest BCUT2D eigenvalue weighted by Crippen LogP contribution is -2.12. The summed E-state index contributed by atoms with van der Waals surface area (Å²) in [6.45, 7) is 0. The second-order valence-corrected chi connectivity index (χ2v) is 4.97. The van der Waals surface area contributed by atoms with Gasteiger partial charge < -0.3 is 5.73 Å². The zero-order valence-electron chi connectivity index (χ0n) is 10.8. The van der Waals surface area contributed by atoms with Crippen LogP contribution in [0.3, 0.4) is 0 Å². The van der Waals surface area contributed by atoms with E-state index >= 15 is 0 Å². The van der Waals surface area contributed by atoms with Crippen molar-refractivity contribution in [1.82, 2.24) is 0 Å². The van der Waals surface area contributed by atoms with Crippen molar-refractivity contribution in [2.45, 2.75) is 0 Å². The number of amidine groups is 1. The lowest BCUT2D eigenvalue weighted by atomic mass is 10.1. The minimum absolute atomic E-state index is 0.483. The van der Waals surface area contributed by atoms with Gasteiger partial charge in [0.05, 0.1) is 5.69 Å². The van der Waals surface area contributed by atoms with Crippen LogP contribution >= 0.6 is 11.6 Å². The molecule has 0 aliphatic rings. The van der Waals surface area contributed by atoms with Crippen LogP contribution in [-0.2, 0) is 0 Å². The van der Waals surface area contributed by atoms with Gasteiger partial charge in [-0.2, -0.15) is 0 Å². The molecule has 0 bridgehead atoms. The zero-order valence-corrected chi connectivity index (χ0v) is 11.5. The Bertz CT molecular complexity index is 776. The molecule has 3 rings (SSSR count). The Morgan fingerprint density at radius 1 is 0.850 bits per heavy atom. The van der Waals surface area contributed by atoms with Crippen molar-refractivity contribution in [3.63, 3.8) is 0 Å². The molecule has 20 heavy (non-hydrogen) atoms. The molecule has 3 heteroatoms. The summed E-state index contributed by atoms with van der Waals surface area (Å²) in [7, 11) is 0. The maximum absolute atomic E-state index is 6.03. The molecule has 2 nitrogen and oxygen atoms in total. The average molecular weight is 281 g/mol. The van der Waals surface area contributed by atoms with E-state index in [9.17, 15) is 0 Å². The predicted molar refractivity (Wildman–Crippen MR) is 85.8 cm³/mol. The molecule has 0 amide bonds. The van der Waals surface area contributed by atoms with Gasteiger partial charge >= 0.3 is 0 Å². The molecule has 3 aromatic carbocycles. The Labute approximate surface area is 122 Å². The van der Waals surface area contributed by atoms with Gasteiger partial charge in [-0.3, -0.25) is 0 Å². The van der Waals surface area contributed by atoms with Gasteiger partial charge in [0.25, 0.3) is 0 Å². The highest BCUT2D eigenvalue weighted by molar-refractivity contribution is 6.30. The molecule has 0 spiro atoms. The summed E-state index contributed by atoms with van der Waals surface area (Å²) in [5.74, 6) is 0.483. The van der Waals surface area contributed by atoms with Gasteiger partial charge in [-0.1, -0.05) is 41.9 Å². The van der Waals surface area contributed by atoms with Gasteiger partial charge in [0.15, 0.2) is 0 Å². The Morgan fingerprint density at radius 2 is 1.55 bits per heavy atom. The molecule has 0 heterocycles. The highest BCUT2D eigenvalue weighted by Crippen LogP contribution is 2.21. The standard InChI is InChI=1S/C17H13ClN2/c18-15-8-5-13(6-9-15)17(19)20-16-10-7-12-3-1-2-4-14(12)11-16/h1-11H,(H2,19,20). The van der Waals surface area contributed by atoms with E-state index < -0.39 is 0 Å². The first-order chi connectivity index (χ1) is 9.72. The van der Waals surface area contributed by atoms with Crippen LogP contribution in [0.5, 0.6) is 0 Å². The number of fused-ring (bicyclic) bond motifs is 1. The summed E-state index contributed by atoms with van der Waals surface area (Å²) >= 11 is 5.86. The summed E-state index contributed by atoms with van der Waals surface area (Å²) in [6, 6.07) is 21.5. The van der Waals surface area contributed by atoms with E-state index in [2.05, 4.69) is 17.1 Å². The van der Waals surface area contributed by atoms with E-state index in [1.807, 2.05) is 42.5 Å². The maximum atomic E-state index is 6.03. The minimum atomic E-state index is 0.483. The Hall–Kier alpha value is -2.32. The number of aliphatic imine (C=N–C) groups is 1. The lowest BCUT2D eigenvalue weighted by Gasteiger charge is -2.03. The van der Waals surface area contributed by atoms with Gasteiger partial charge in [-0.25, -0.2) is 4.99 Å². The fourth-order valence-corrected chi connectivity index (χ4v) is 2.20. The van der Waals surface area contributed by atoms with Crippen molar-refractivity contribution < 1.29 is 0 Å².